The zero-order chi connectivity index (χ0) is 14.7. The van der Waals surface area contributed by atoms with Gasteiger partial charge in [0.1, 0.15) is 0 Å². The number of nitro groups is 1. The fraction of sp³-hybridized carbons (Fsp3) is 0.267. The second-order valence-corrected chi connectivity index (χ2v) is 4.80. The van der Waals surface area contributed by atoms with E-state index in [4.69, 9.17) is 4.74 Å². The van der Waals surface area contributed by atoms with Crippen LogP contribution in [0.25, 0.3) is 0 Å². The highest BCUT2D eigenvalue weighted by atomic mass is 16.6. The molecule has 0 aliphatic carbocycles. The van der Waals surface area contributed by atoms with Gasteiger partial charge in [-0.25, -0.2) is 4.98 Å². The Bertz CT molecular complexity index is 633. The van der Waals surface area contributed by atoms with E-state index in [-0.39, 0.29) is 16.7 Å². The summed E-state index contributed by atoms with van der Waals surface area (Å²) in [6, 6.07) is 12.9. The highest BCUT2D eigenvalue weighted by Gasteiger charge is 2.30. The normalized spacial score (nSPS) is 18.5. The maximum absolute atomic E-state index is 11.2. The highest BCUT2D eigenvalue weighted by Crippen LogP contribution is 2.33. The topological polar surface area (TPSA) is 68.5 Å². The smallest absolute Gasteiger partial charge is 0.311 e. The molecule has 0 amide bonds. The van der Waals surface area contributed by atoms with Gasteiger partial charge in [-0.15, -0.1) is 0 Å². The van der Waals surface area contributed by atoms with Crippen LogP contribution in [-0.2, 0) is 4.74 Å². The van der Waals surface area contributed by atoms with Gasteiger partial charge in [-0.05, 0) is 11.6 Å². The van der Waals surface area contributed by atoms with E-state index in [9.17, 15) is 10.1 Å². The van der Waals surface area contributed by atoms with E-state index in [0.29, 0.717) is 25.6 Å². The average molecular weight is 285 g/mol. The number of rotatable bonds is 3. The minimum Gasteiger partial charge on any atom is -0.377 e. The highest BCUT2D eigenvalue weighted by molar-refractivity contribution is 5.59. The minimum absolute atomic E-state index is 0.0281. The van der Waals surface area contributed by atoms with Gasteiger partial charge in [-0.1, -0.05) is 30.3 Å². The number of nitrogens with zero attached hydrogens (tertiary/aromatic N) is 3. The van der Waals surface area contributed by atoms with Crippen LogP contribution in [0.15, 0.2) is 48.7 Å². The summed E-state index contributed by atoms with van der Waals surface area (Å²) in [7, 11) is 0. The molecule has 1 saturated heterocycles. The Hall–Kier alpha value is -2.47. The molecular weight excluding hydrogens is 270 g/mol. The Morgan fingerprint density at radius 3 is 2.81 bits per heavy atom. The van der Waals surface area contributed by atoms with Gasteiger partial charge < -0.3 is 9.64 Å². The van der Waals surface area contributed by atoms with Crippen LogP contribution >= 0.6 is 0 Å². The molecule has 6 nitrogen and oxygen atoms in total. The molecule has 1 unspecified atom stereocenters. The number of hydrogen-bond donors (Lipinski definition) is 0. The van der Waals surface area contributed by atoms with Crippen LogP contribution in [0.2, 0.25) is 0 Å². The molecule has 2 heterocycles. The van der Waals surface area contributed by atoms with Gasteiger partial charge in [-0.2, -0.15) is 0 Å². The first-order valence-electron chi connectivity index (χ1n) is 6.76. The summed E-state index contributed by atoms with van der Waals surface area (Å²) in [6.45, 7) is 1.62. The molecule has 0 saturated carbocycles. The summed E-state index contributed by atoms with van der Waals surface area (Å²) in [4.78, 5) is 17.0. The monoisotopic (exact) mass is 285 g/mol. The molecular formula is C15H15N3O3. The molecule has 0 bridgehead atoms. The number of aromatic nitrogens is 1. The van der Waals surface area contributed by atoms with Crippen LogP contribution in [0.5, 0.6) is 0 Å². The lowest BCUT2D eigenvalue weighted by Crippen LogP contribution is -2.40. The van der Waals surface area contributed by atoms with Crippen LogP contribution in [0.4, 0.5) is 11.5 Å². The van der Waals surface area contributed by atoms with Gasteiger partial charge in [-0.3, -0.25) is 10.1 Å². The Kier molecular flexibility index (Phi) is 3.79. The van der Waals surface area contributed by atoms with E-state index in [0.717, 1.165) is 5.56 Å². The third-order valence-corrected chi connectivity index (χ3v) is 3.55. The SMILES string of the molecule is O=[N+]([O-])c1cccnc1N1CCOCC1c1ccccc1. The minimum atomic E-state index is -0.389. The van der Waals surface area contributed by atoms with Crippen molar-refractivity contribution in [3.8, 4) is 0 Å². The van der Waals surface area contributed by atoms with Crippen molar-refractivity contribution in [1.82, 2.24) is 4.98 Å². The summed E-state index contributed by atoms with van der Waals surface area (Å²) < 4.78 is 5.55. The van der Waals surface area contributed by atoms with E-state index in [2.05, 4.69) is 4.98 Å². The van der Waals surface area contributed by atoms with Gasteiger partial charge in [0.25, 0.3) is 0 Å². The van der Waals surface area contributed by atoms with Crippen molar-refractivity contribution in [1.29, 1.82) is 0 Å². The van der Waals surface area contributed by atoms with E-state index in [1.807, 2.05) is 35.2 Å². The van der Waals surface area contributed by atoms with Crippen molar-refractivity contribution in [3.63, 3.8) is 0 Å². The number of benzene rings is 1. The zero-order valence-corrected chi connectivity index (χ0v) is 11.4. The Labute approximate surface area is 122 Å². The van der Waals surface area contributed by atoms with Crippen LogP contribution in [0.1, 0.15) is 11.6 Å². The van der Waals surface area contributed by atoms with Crippen molar-refractivity contribution in [3.05, 3.63) is 64.3 Å². The maximum Gasteiger partial charge on any atom is 0.311 e. The van der Waals surface area contributed by atoms with Gasteiger partial charge in [0, 0.05) is 18.8 Å². The number of ether oxygens (including phenoxy) is 1. The Balaban J connectivity index is 2.01. The number of hydrogen-bond acceptors (Lipinski definition) is 5. The fourth-order valence-corrected chi connectivity index (χ4v) is 2.56. The lowest BCUT2D eigenvalue weighted by atomic mass is 10.0. The third-order valence-electron chi connectivity index (χ3n) is 3.55. The largest absolute Gasteiger partial charge is 0.377 e. The molecule has 1 atom stereocenters. The van der Waals surface area contributed by atoms with Gasteiger partial charge in [0.15, 0.2) is 0 Å². The van der Waals surface area contributed by atoms with Crippen LogP contribution in [-0.4, -0.2) is 29.7 Å². The van der Waals surface area contributed by atoms with Crippen LogP contribution in [0.3, 0.4) is 0 Å². The molecule has 6 heteroatoms. The average Bonchev–Trinajstić information content (AvgIpc) is 2.55. The Morgan fingerprint density at radius 1 is 1.24 bits per heavy atom. The molecule has 108 valence electrons. The number of anilines is 1. The second kappa shape index (κ2) is 5.88. The standard InChI is InChI=1S/C15H15N3O3/c19-18(20)13-7-4-8-16-15(13)17-9-10-21-11-14(17)12-5-2-1-3-6-12/h1-8,14H,9-11H2. The molecule has 1 aromatic heterocycles. The predicted octanol–water partition coefficient (Wildman–Crippen LogP) is 2.57. The predicted molar refractivity (Wildman–Crippen MR) is 78.2 cm³/mol. The maximum atomic E-state index is 11.2. The van der Waals surface area contributed by atoms with Crippen molar-refractivity contribution in [2.24, 2.45) is 0 Å². The lowest BCUT2D eigenvalue weighted by Gasteiger charge is -2.36. The molecule has 1 fully saturated rings. The zero-order valence-electron chi connectivity index (χ0n) is 11.4. The molecule has 1 aliphatic heterocycles. The van der Waals surface area contributed by atoms with Crippen molar-refractivity contribution in [2.45, 2.75) is 6.04 Å². The molecule has 0 N–H and O–H groups in total. The molecule has 21 heavy (non-hydrogen) atoms. The van der Waals surface area contributed by atoms with E-state index < -0.39 is 0 Å². The molecule has 3 rings (SSSR count). The molecule has 1 aliphatic rings. The van der Waals surface area contributed by atoms with Crippen LogP contribution in [0, 0.1) is 10.1 Å². The van der Waals surface area contributed by atoms with Crippen molar-refractivity contribution in [2.75, 3.05) is 24.7 Å². The number of morpholine rings is 1. The van der Waals surface area contributed by atoms with E-state index >= 15 is 0 Å². The van der Waals surface area contributed by atoms with Gasteiger partial charge >= 0.3 is 5.69 Å². The first-order chi connectivity index (χ1) is 10.3. The summed E-state index contributed by atoms with van der Waals surface area (Å²) in [6.07, 6.45) is 1.58. The summed E-state index contributed by atoms with van der Waals surface area (Å²) in [5.41, 5.74) is 1.09. The van der Waals surface area contributed by atoms with Gasteiger partial charge in [0.2, 0.25) is 5.82 Å². The second-order valence-electron chi connectivity index (χ2n) is 4.80. The molecule has 0 spiro atoms. The molecule has 1 aromatic carbocycles. The fourth-order valence-electron chi connectivity index (χ4n) is 2.56. The molecule has 0 radical (unpaired) electrons. The number of pyridine rings is 1. The molecule has 2 aromatic rings. The van der Waals surface area contributed by atoms with Gasteiger partial charge in [0.05, 0.1) is 24.2 Å². The first-order valence-corrected chi connectivity index (χ1v) is 6.76. The van der Waals surface area contributed by atoms with E-state index in [1.54, 1.807) is 12.3 Å². The summed E-state index contributed by atoms with van der Waals surface area (Å²) in [5, 5.41) is 11.2. The van der Waals surface area contributed by atoms with E-state index in [1.165, 1.54) is 6.07 Å². The summed E-state index contributed by atoms with van der Waals surface area (Å²) in [5.74, 6) is 0.402. The third kappa shape index (κ3) is 2.71. The van der Waals surface area contributed by atoms with Crippen LogP contribution < -0.4 is 4.90 Å². The first kappa shape index (κ1) is 13.5. The lowest BCUT2D eigenvalue weighted by molar-refractivity contribution is -0.384. The van der Waals surface area contributed by atoms with Crippen molar-refractivity contribution >= 4 is 11.5 Å². The summed E-state index contributed by atoms with van der Waals surface area (Å²) >= 11 is 0. The Morgan fingerprint density at radius 2 is 2.05 bits per heavy atom. The van der Waals surface area contributed by atoms with Crippen molar-refractivity contribution < 1.29 is 9.66 Å². The quantitative estimate of drug-likeness (QED) is 0.640.